The summed E-state index contributed by atoms with van der Waals surface area (Å²) in [5.74, 6) is 1.18. The van der Waals surface area contributed by atoms with Crippen LogP contribution >= 0.6 is 11.8 Å². The third-order valence-electron chi connectivity index (χ3n) is 5.03. The van der Waals surface area contributed by atoms with Gasteiger partial charge in [-0.15, -0.1) is 0 Å². The second kappa shape index (κ2) is 11.6. The summed E-state index contributed by atoms with van der Waals surface area (Å²) in [5.41, 5.74) is 4.86. The first-order chi connectivity index (χ1) is 16.3. The number of nitrogens with zero attached hydrogens (tertiary/aromatic N) is 2. The van der Waals surface area contributed by atoms with Gasteiger partial charge in [0.2, 0.25) is 0 Å². The minimum absolute atomic E-state index is 0.235. The first-order valence-corrected chi connectivity index (χ1v) is 12.1. The fourth-order valence-electron chi connectivity index (χ4n) is 3.25. The highest BCUT2D eigenvalue weighted by molar-refractivity contribution is 8.05. The van der Waals surface area contributed by atoms with Crippen LogP contribution in [0, 0.1) is 0 Å². The summed E-state index contributed by atoms with van der Waals surface area (Å²) in [6.45, 7) is 8.45. The van der Waals surface area contributed by atoms with Crippen molar-refractivity contribution in [3.63, 3.8) is 0 Å². The molecule has 3 aromatic rings. The number of carbonyl (C=O) groups is 1. The monoisotopic (exact) mass is 476 g/mol. The van der Waals surface area contributed by atoms with Gasteiger partial charge in [0.25, 0.3) is 5.91 Å². The van der Waals surface area contributed by atoms with Gasteiger partial charge in [-0.2, -0.15) is 0 Å². The Morgan fingerprint density at radius 1 is 1.09 bits per heavy atom. The molecule has 0 bridgehead atoms. The van der Waals surface area contributed by atoms with E-state index in [0.717, 1.165) is 33.2 Å². The standard InChI is InChI=1S/C27H32N4O2S/c1-7-17-34-27(18(3)4)30-26(32)24-23(19-11-15-22(16-12-19)33-8-2)28-25(29-24)20-9-13-21(14-10-20)31(5)6/h7,9-17H,8H2,1-6H3,(H,28,29)(H,30,32)/b17-7-. The zero-order chi connectivity index (χ0) is 24.7. The highest BCUT2D eigenvalue weighted by atomic mass is 32.2. The topological polar surface area (TPSA) is 70.2 Å². The lowest BCUT2D eigenvalue weighted by Crippen LogP contribution is -2.23. The second-order valence-electron chi connectivity index (χ2n) is 8.08. The molecule has 1 heterocycles. The number of H-pyrrole nitrogens is 1. The fourth-order valence-corrected chi connectivity index (χ4v) is 3.91. The van der Waals surface area contributed by atoms with Gasteiger partial charge in [0, 0.05) is 30.9 Å². The number of rotatable bonds is 9. The number of amides is 1. The van der Waals surface area contributed by atoms with Gasteiger partial charge in [-0.05, 0) is 87.2 Å². The van der Waals surface area contributed by atoms with Crippen LogP contribution in [-0.4, -0.2) is 36.6 Å². The lowest BCUT2D eigenvalue weighted by Gasteiger charge is -2.12. The van der Waals surface area contributed by atoms with Gasteiger partial charge in [-0.25, -0.2) is 4.98 Å². The first-order valence-electron chi connectivity index (χ1n) is 11.2. The lowest BCUT2D eigenvalue weighted by atomic mass is 10.1. The van der Waals surface area contributed by atoms with Crippen LogP contribution < -0.4 is 15.0 Å². The van der Waals surface area contributed by atoms with Gasteiger partial charge in [-0.3, -0.25) is 4.79 Å². The molecule has 7 heteroatoms. The predicted octanol–water partition coefficient (Wildman–Crippen LogP) is 6.46. The molecule has 1 aromatic heterocycles. The summed E-state index contributed by atoms with van der Waals surface area (Å²) < 4.78 is 5.57. The molecule has 2 aromatic carbocycles. The van der Waals surface area contributed by atoms with Crippen LogP contribution in [0.15, 0.2) is 70.6 Å². The van der Waals surface area contributed by atoms with E-state index < -0.39 is 0 Å². The van der Waals surface area contributed by atoms with Crippen molar-refractivity contribution in [2.45, 2.75) is 27.7 Å². The highest BCUT2D eigenvalue weighted by Crippen LogP contribution is 2.29. The van der Waals surface area contributed by atoms with E-state index in [2.05, 4.69) is 10.3 Å². The molecule has 3 rings (SSSR count). The van der Waals surface area contributed by atoms with Gasteiger partial charge in [0.05, 0.1) is 11.6 Å². The molecule has 0 fully saturated rings. The number of ether oxygens (including phenoxy) is 1. The van der Waals surface area contributed by atoms with Gasteiger partial charge in [0.1, 0.15) is 23.0 Å². The molecule has 2 N–H and O–H groups in total. The van der Waals surface area contributed by atoms with Crippen LogP contribution in [0.5, 0.6) is 5.75 Å². The summed E-state index contributed by atoms with van der Waals surface area (Å²) in [7, 11) is 4.00. The molecule has 0 aliphatic rings. The third kappa shape index (κ3) is 6.11. The maximum atomic E-state index is 13.4. The van der Waals surface area contributed by atoms with Crippen LogP contribution in [0.2, 0.25) is 0 Å². The second-order valence-corrected chi connectivity index (χ2v) is 8.99. The van der Waals surface area contributed by atoms with E-state index in [-0.39, 0.29) is 5.91 Å². The van der Waals surface area contributed by atoms with Crippen LogP contribution in [0.3, 0.4) is 0 Å². The molecule has 1 amide bonds. The number of aromatic amines is 1. The molecule has 0 saturated heterocycles. The normalized spacial score (nSPS) is 10.9. The minimum Gasteiger partial charge on any atom is -0.494 e. The highest BCUT2D eigenvalue weighted by Gasteiger charge is 2.21. The van der Waals surface area contributed by atoms with Crippen molar-refractivity contribution < 1.29 is 9.53 Å². The van der Waals surface area contributed by atoms with E-state index in [0.29, 0.717) is 23.8 Å². The number of hydrogen-bond donors (Lipinski definition) is 2. The molecule has 0 atom stereocenters. The zero-order valence-electron chi connectivity index (χ0n) is 20.6. The molecule has 34 heavy (non-hydrogen) atoms. The van der Waals surface area contributed by atoms with Crippen molar-refractivity contribution >= 4 is 23.4 Å². The van der Waals surface area contributed by atoms with E-state index in [1.165, 1.54) is 11.8 Å². The summed E-state index contributed by atoms with van der Waals surface area (Å²) in [4.78, 5) is 23.5. The van der Waals surface area contributed by atoms with E-state index in [9.17, 15) is 4.79 Å². The molecular formula is C27H32N4O2S. The first kappa shape index (κ1) is 25.2. The Morgan fingerprint density at radius 2 is 1.74 bits per heavy atom. The van der Waals surface area contributed by atoms with E-state index in [4.69, 9.17) is 9.72 Å². The third-order valence-corrected chi connectivity index (χ3v) is 6.18. The number of allylic oxidation sites excluding steroid dienone is 2. The van der Waals surface area contributed by atoms with Crippen molar-refractivity contribution in [3.05, 3.63) is 76.3 Å². The molecule has 0 unspecified atom stereocenters. The van der Waals surface area contributed by atoms with Crippen molar-refractivity contribution in [3.8, 4) is 28.4 Å². The Balaban J connectivity index is 2.03. The molecular weight excluding hydrogens is 444 g/mol. The summed E-state index contributed by atoms with van der Waals surface area (Å²) in [5, 5.41) is 5.79. The number of aromatic nitrogens is 2. The molecule has 0 radical (unpaired) electrons. The Bertz CT molecular complexity index is 1170. The number of anilines is 1. The van der Waals surface area contributed by atoms with Crippen molar-refractivity contribution in [1.29, 1.82) is 0 Å². The fraction of sp³-hybridized carbons (Fsp3) is 0.259. The number of imidazole rings is 1. The maximum absolute atomic E-state index is 13.4. The van der Waals surface area contributed by atoms with Gasteiger partial charge in [0.15, 0.2) is 0 Å². The van der Waals surface area contributed by atoms with Gasteiger partial charge < -0.3 is 19.9 Å². The van der Waals surface area contributed by atoms with Crippen LogP contribution in [0.4, 0.5) is 5.69 Å². The van der Waals surface area contributed by atoms with Crippen LogP contribution in [-0.2, 0) is 0 Å². The largest absolute Gasteiger partial charge is 0.494 e. The van der Waals surface area contributed by atoms with E-state index in [1.54, 1.807) is 0 Å². The van der Waals surface area contributed by atoms with Crippen molar-refractivity contribution in [2.75, 3.05) is 25.6 Å². The van der Waals surface area contributed by atoms with Crippen LogP contribution in [0.25, 0.3) is 22.6 Å². The van der Waals surface area contributed by atoms with Crippen LogP contribution in [0.1, 0.15) is 38.2 Å². The number of hydrogen-bond acceptors (Lipinski definition) is 5. The average molecular weight is 477 g/mol. The summed E-state index contributed by atoms with van der Waals surface area (Å²) >= 11 is 1.48. The Hall–Kier alpha value is -3.45. The molecule has 0 spiro atoms. The summed E-state index contributed by atoms with van der Waals surface area (Å²) in [6, 6.07) is 15.7. The molecule has 0 saturated carbocycles. The molecule has 178 valence electrons. The molecule has 6 nitrogen and oxygen atoms in total. The lowest BCUT2D eigenvalue weighted by molar-refractivity contribution is 0.0965. The molecule has 0 aliphatic carbocycles. The smallest absolute Gasteiger partial charge is 0.274 e. The number of thioether (sulfide) groups is 1. The van der Waals surface area contributed by atoms with E-state index >= 15 is 0 Å². The summed E-state index contributed by atoms with van der Waals surface area (Å²) in [6.07, 6.45) is 1.94. The van der Waals surface area contributed by atoms with E-state index in [1.807, 2.05) is 107 Å². The number of benzene rings is 2. The van der Waals surface area contributed by atoms with Gasteiger partial charge >= 0.3 is 0 Å². The average Bonchev–Trinajstić information content (AvgIpc) is 3.28. The predicted molar refractivity (Wildman–Crippen MR) is 143 cm³/mol. The van der Waals surface area contributed by atoms with Crippen molar-refractivity contribution in [2.24, 2.45) is 0 Å². The Labute approximate surface area is 206 Å². The minimum atomic E-state index is -0.235. The molecule has 0 aliphatic heterocycles. The Kier molecular flexibility index (Phi) is 8.60. The SMILES string of the molecule is C/C=C\SC(NC(=O)c1[nH]c(-c2ccc(N(C)C)cc2)nc1-c1ccc(OCC)cc1)=C(C)C. The maximum Gasteiger partial charge on any atom is 0.274 e. The number of carbonyl (C=O) groups excluding carboxylic acids is 1. The van der Waals surface area contributed by atoms with Crippen molar-refractivity contribution in [1.82, 2.24) is 15.3 Å². The zero-order valence-corrected chi connectivity index (χ0v) is 21.4. The van der Waals surface area contributed by atoms with Gasteiger partial charge in [-0.1, -0.05) is 17.8 Å². The quantitative estimate of drug-likeness (QED) is 0.371. The number of nitrogens with one attached hydrogen (secondary N) is 2. The Morgan fingerprint density at radius 3 is 2.29 bits per heavy atom.